The van der Waals surface area contributed by atoms with E-state index in [2.05, 4.69) is 0 Å². The summed E-state index contributed by atoms with van der Waals surface area (Å²) in [5.41, 5.74) is 0.435. The maximum atomic E-state index is 12.1. The number of carbonyl (C=O) groups excluding carboxylic acids is 2. The van der Waals surface area contributed by atoms with E-state index in [9.17, 15) is 9.59 Å². The van der Waals surface area contributed by atoms with Gasteiger partial charge in [-0.05, 0) is 50.2 Å². The number of ketones is 1. The van der Waals surface area contributed by atoms with Gasteiger partial charge in [0.2, 0.25) is 11.5 Å². The molecule has 0 aliphatic rings. The molecule has 104 valence electrons. The monoisotopic (exact) mass is 292 g/mol. The van der Waals surface area contributed by atoms with Crippen molar-refractivity contribution in [3.63, 3.8) is 0 Å². The van der Waals surface area contributed by atoms with Gasteiger partial charge in [0, 0.05) is 10.6 Å². The van der Waals surface area contributed by atoms with E-state index in [1.54, 1.807) is 37.3 Å². The first-order chi connectivity index (χ1) is 9.47. The van der Waals surface area contributed by atoms with Crippen LogP contribution in [0.3, 0.4) is 0 Å². The molecule has 2 rings (SSSR count). The van der Waals surface area contributed by atoms with Gasteiger partial charge in [0.25, 0.3) is 0 Å². The molecule has 0 spiro atoms. The van der Waals surface area contributed by atoms with Crippen molar-refractivity contribution in [3.8, 4) is 0 Å². The van der Waals surface area contributed by atoms with Crippen LogP contribution in [0.15, 0.2) is 40.8 Å². The van der Waals surface area contributed by atoms with Crippen LogP contribution in [0.4, 0.5) is 0 Å². The van der Waals surface area contributed by atoms with Crippen LogP contribution in [-0.4, -0.2) is 17.9 Å². The molecule has 0 bridgehead atoms. The SMILES string of the molecule is Cc1ccc(C(=O)OC(C)C(=O)c2ccc(Cl)cc2)o1. The van der Waals surface area contributed by atoms with Gasteiger partial charge < -0.3 is 9.15 Å². The van der Waals surface area contributed by atoms with Gasteiger partial charge in [0.15, 0.2) is 6.10 Å². The number of furan rings is 1. The molecule has 0 radical (unpaired) electrons. The predicted molar refractivity (Wildman–Crippen MR) is 74.1 cm³/mol. The molecular formula is C15H13ClO4. The van der Waals surface area contributed by atoms with E-state index in [1.165, 1.54) is 13.0 Å². The van der Waals surface area contributed by atoms with Crippen LogP contribution in [0, 0.1) is 6.92 Å². The maximum Gasteiger partial charge on any atom is 0.374 e. The van der Waals surface area contributed by atoms with Crippen LogP contribution in [0.2, 0.25) is 5.02 Å². The fraction of sp³-hybridized carbons (Fsp3) is 0.200. The minimum Gasteiger partial charge on any atom is -0.454 e. The zero-order valence-electron chi connectivity index (χ0n) is 11.1. The lowest BCUT2D eigenvalue weighted by atomic mass is 10.1. The van der Waals surface area contributed by atoms with E-state index in [0.29, 0.717) is 16.3 Å². The van der Waals surface area contributed by atoms with Gasteiger partial charge in [0.1, 0.15) is 5.76 Å². The quantitative estimate of drug-likeness (QED) is 0.637. The van der Waals surface area contributed by atoms with E-state index in [0.717, 1.165) is 0 Å². The van der Waals surface area contributed by atoms with Gasteiger partial charge >= 0.3 is 5.97 Å². The zero-order chi connectivity index (χ0) is 14.7. The van der Waals surface area contributed by atoms with E-state index in [-0.39, 0.29) is 11.5 Å². The summed E-state index contributed by atoms with van der Waals surface area (Å²) < 4.78 is 10.2. The Morgan fingerprint density at radius 3 is 2.35 bits per heavy atom. The Hall–Kier alpha value is -2.07. The van der Waals surface area contributed by atoms with E-state index < -0.39 is 12.1 Å². The molecule has 0 amide bonds. The first-order valence-corrected chi connectivity index (χ1v) is 6.42. The third-order valence-electron chi connectivity index (χ3n) is 2.72. The molecule has 4 nitrogen and oxygen atoms in total. The molecule has 0 N–H and O–H groups in total. The van der Waals surface area contributed by atoms with Gasteiger partial charge in [-0.3, -0.25) is 4.79 Å². The summed E-state index contributed by atoms with van der Waals surface area (Å²) in [6, 6.07) is 9.57. The van der Waals surface area contributed by atoms with Crippen molar-refractivity contribution >= 4 is 23.4 Å². The van der Waals surface area contributed by atoms with Crippen LogP contribution in [-0.2, 0) is 4.74 Å². The minimum absolute atomic E-state index is 0.0817. The highest BCUT2D eigenvalue weighted by atomic mass is 35.5. The van der Waals surface area contributed by atoms with E-state index in [4.69, 9.17) is 20.8 Å². The average molecular weight is 293 g/mol. The smallest absolute Gasteiger partial charge is 0.374 e. The standard InChI is InChI=1S/C15H13ClO4/c1-9-3-8-13(19-9)15(18)20-10(2)14(17)11-4-6-12(16)7-5-11/h3-8,10H,1-2H3. The highest BCUT2D eigenvalue weighted by molar-refractivity contribution is 6.30. The average Bonchev–Trinajstić information content (AvgIpc) is 2.85. The Morgan fingerprint density at radius 2 is 1.80 bits per heavy atom. The topological polar surface area (TPSA) is 56.5 Å². The molecule has 0 aliphatic heterocycles. The molecule has 1 heterocycles. The molecule has 0 fully saturated rings. The number of esters is 1. The van der Waals surface area contributed by atoms with Gasteiger partial charge in [-0.25, -0.2) is 4.79 Å². The molecule has 1 unspecified atom stereocenters. The first kappa shape index (κ1) is 14.3. The number of rotatable bonds is 4. The minimum atomic E-state index is -0.894. The van der Waals surface area contributed by atoms with E-state index in [1.807, 2.05) is 0 Å². The number of ether oxygens (including phenoxy) is 1. The Kier molecular flexibility index (Phi) is 4.25. The summed E-state index contributed by atoms with van der Waals surface area (Å²) in [5, 5.41) is 0.539. The molecule has 5 heteroatoms. The molecule has 1 aromatic heterocycles. The second-order valence-electron chi connectivity index (χ2n) is 4.33. The van der Waals surface area contributed by atoms with Crippen LogP contribution in [0.25, 0.3) is 0 Å². The number of halogens is 1. The third kappa shape index (κ3) is 3.27. The van der Waals surface area contributed by atoms with Crippen molar-refractivity contribution in [1.29, 1.82) is 0 Å². The van der Waals surface area contributed by atoms with Crippen molar-refractivity contribution in [2.45, 2.75) is 20.0 Å². The van der Waals surface area contributed by atoms with Gasteiger partial charge in [-0.15, -0.1) is 0 Å². The molecule has 20 heavy (non-hydrogen) atoms. The highest BCUT2D eigenvalue weighted by Gasteiger charge is 2.21. The second kappa shape index (κ2) is 5.92. The number of aryl methyl sites for hydroxylation is 1. The summed E-state index contributed by atoms with van der Waals surface area (Å²) in [6.07, 6.45) is -0.894. The Morgan fingerprint density at radius 1 is 1.15 bits per heavy atom. The van der Waals surface area contributed by atoms with Gasteiger partial charge in [0.05, 0.1) is 0 Å². The van der Waals surface area contributed by atoms with Gasteiger partial charge in [-0.2, -0.15) is 0 Å². The molecule has 1 aromatic carbocycles. The Bertz CT molecular complexity index is 628. The van der Waals surface area contributed by atoms with Crippen molar-refractivity contribution in [1.82, 2.24) is 0 Å². The van der Waals surface area contributed by atoms with Gasteiger partial charge in [-0.1, -0.05) is 11.6 Å². The zero-order valence-corrected chi connectivity index (χ0v) is 11.8. The molecular weight excluding hydrogens is 280 g/mol. The normalized spacial score (nSPS) is 11.9. The van der Waals surface area contributed by atoms with E-state index >= 15 is 0 Å². The number of hydrogen-bond donors (Lipinski definition) is 0. The molecule has 0 saturated heterocycles. The highest BCUT2D eigenvalue weighted by Crippen LogP contribution is 2.14. The summed E-state index contributed by atoms with van der Waals surface area (Å²) >= 11 is 5.75. The summed E-state index contributed by atoms with van der Waals surface area (Å²) in [4.78, 5) is 23.8. The first-order valence-electron chi connectivity index (χ1n) is 6.04. The number of hydrogen-bond acceptors (Lipinski definition) is 4. The summed E-state index contributed by atoms with van der Waals surface area (Å²) in [5.74, 6) is -0.266. The number of Topliss-reactive ketones (excluding diaryl/α,β-unsaturated/α-hetero) is 1. The van der Waals surface area contributed by atoms with Crippen LogP contribution in [0.5, 0.6) is 0 Å². The van der Waals surface area contributed by atoms with Crippen molar-refractivity contribution in [3.05, 3.63) is 58.5 Å². The Balaban J connectivity index is 2.04. The Labute approximate surface area is 121 Å². The van der Waals surface area contributed by atoms with Crippen LogP contribution < -0.4 is 0 Å². The molecule has 0 saturated carbocycles. The lowest BCUT2D eigenvalue weighted by Gasteiger charge is -2.11. The molecule has 1 atom stereocenters. The largest absolute Gasteiger partial charge is 0.454 e. The van der Waals surface area contributed by atoms with Crippen molar-refractivity contribution in [2.24, 2.45) is 0 Å². The second-order valence-corrected chi connectivity index (χ2v) is 4.77. The van der Waals surface area contributed by atoms with Crippen LogP contribution >= 0.6 is 11.6 Å². The van der Waals surface area contributed by atoms with Crippen molar-refractivity contribution in [2.75, 3.05) is 0 Å². The summed E-state index contributed by atoms with van der Waals surface area (Å²) in [7, 11) is 0. The predicted octanol–water partition coefficient (Wildman–Crippen LogP) is 3.67. The third-order valence-corrected chi connectivity index (χ3v) is 2.98. The molecule has 0 aliphatic carbocycles. The molecule has 2 aromatic rings. The van der Waals surface area contributed by atoms with Crippen molar-refractivity contribution < 1.29 is 18.7 Å². The lowest BCUT2D eigenvalue weighted by Crippen LogP contribution is -2.24. The maximum absolute atomic E-state index is 12.1. The fourth-order valence-electron chi connectivity index (χ4n) is 1.67. The lowest BCUT2D eigenvalue weighted by molar-refractivity contribution is 0.0288. The fourth-order valence-corrected chi connectivity index (χ4v) is 1.79. The number of benzene rings is 1. The van der Waals surface area contributed by atoms with Crippen LogP contribution in [0.1, 0.15) is 33.6 Å². The summed E-state index contributed by atoms with van der Waals surface area (Å²) in [6.45, 7) is 3.24. The number of carbonyl (C=O) groups is 2.